The molecule has 21 heavy (non-hydrogen) atoms. The zero-order valence-electron chi connectivity index (χ0n) is 11.8. The molecule has 2 aromatic rings. The lowest BCUT2D eigenvalue weighted by Gasteiger charge is -2.10. The highest BCUT2D eigenvalue weighted by Crippen LogP contribution is 2.20. The lowest BCUT2D eigenvalue weighted by Crippen LogP contribution is -2.14. The van der Waals surface area contributed by atoms with Crippen molar-refractivity contribution < 1.29 is 15.1 Å². The first kappa shape index (κ1) is 14.6. The summed E-state index contributed by atoms with van der Waals surface area (Å²) in [5.74, 6) is -0.271. The van der Waals surface area contributed by atoms with E-state index in [1.54, 1.807) is 50.2 Å². The molecule has 0 spiro atoms. The van der Waals surface area contributed by atoms with E-state index < -0.39 is 0 Å². The van der Waals surface area contributed by atoms with E-state index in [4.69, 9.17) is 5.21 Å². The van der Waals surface area contributed by atoms with Gasteiger partial charge < -0.3 is 15.6 Å². The standard InChI is InChI=1S/C16H16N2O3/c1-10-7-8-12(9-15(10)19)16(20)17-14-6-4-3-5-13(14)11(2)18-21/h3-9,19,21H,1-2H3,(H,17,20)/b18-11+. The molecule has 0 atom stereocenters. The van der Waals surface area contributed by atoms with E-state index in [-0.39, 0.29) is 11.7 Å². The molecule has 0 aliphatic rings. The summed E-state index contributed by atoms with van der Waals surface area (Å²) in [6.07, 6.45) is 0. The van der Waals surface area contributed by atoms with Gasteiger partial charge >= 0.3 is 0 Å². The third-order valence-corrected chi connectivity index (χ3v) is 3.19. The van der Waals surface area contributed by atoms with Crippen LogP contribution < -0.4 is 5.32 Å². The summed E-state index contributed by atoms with van der Waals surface area (Å²) >= 11 is 0. The van der Waals surface area contributed by atoms with Crippen LogP contribution in [0, 0.1) is 6.92 Å². The van der Waals surface area contributed by atoms with Gasteiger partial charge in [-0.15, -0.1) is 0 Å². The number of hydrogen-bond donors (Lipinski definition) is 3. The smallest absolute Gasteiger partial charge is 0.255 e. The minimum absolute atomic E-state index is 0.0732. The average molecular weight is 284 g/mol. The van der Waals surface area contributed by atoms with E-state index in [9.17, 15) is 9.90 Å². The molecule has 0 bridgehead atoms. The summed E-state index contributed by atoms with van der Waals surface area (Å²) in [4.78, 5) is 12.2. The van der Waals surface area contributed by atoms with Crippen LogP contribution in [-0.2, 0) is 0 Å². The maximum Gasteiger partial charge on any atom is 0.255 e. The summed E-state index contributed by atoms with van der Waals surface area (Å²) in [6.45, 7) is 3.40. The SMILES string of the molecule is C/C(=N\O)c1ccccc1NC(=O)c1ccc(C)c(O)c1. The van der Waals surface area contributed by atoms with Crippen LogP contribution in [0.4, 0.5) is 5.69 Å². The molecule has 0 unspecified atom stereocenters. The van der Waals surface area contributed by atoms with Gasteiger partial charge in [-0.2, -0.15) is 0 Å². The zero-order chi connectivity index (χ0) is 15.4. The Bertz CT molecular complexity index is 708. The second-order valence-electron chi connectivity index (χ2n) is 4.69. The number of carbonyl (C=O) groups is 1. The van der Waals surface area contributed by atoms with E-state index in [1.165, 1.54) is 6.07 Å². The summed E-state index contributed by atoms with van der Waals surface area (Å²) in [7, 11) is 0. The second kappa shape index (κ2) is 6.09. The molecule has 1 amide bonds. The van der Waals surface area contributed by atoms with Crippen LogP contribution in [0.3, 0.4) is 0 Å². The van der Waals surface area contributed by atoms with Crippen molar-refractivity contribution >= 4 is 17.3 Å². The Morgan fingerprint density at radius 2 is 1.90 bits per heavy atom. The number of rotatable bonds is 3. The number of phenolic OH excluding ortho intramolecular Hbond substituents is 1. The van der Waals surface area contributed by atoms with Crippen molar-refractivity contribution in [2.45, 2.75) is 13.8 Å². The van der Waals surface area contributed by atoms with Crippen LogP contribution in [0.1, 0.15) is 28.4 Å². The Balaban J connectivity index is 2.30. The van der Waals surface area contributed by atoms with Gasteiger partial charge in [0.25, 0.3) is 5.91 Å². The van der Waals surface area contributed by atoms with Crippen LogP contribution in [0.25, 0.3) is 0 Å². The van der Waals surface area contributed by atoms with Gasteiger partial charge in [0.1, 0.15) is 5.75 Å². The molecule has 108 valence electrons. The summed E-state index contributed by atoms with van der Waals surface area (Å²) in [5, 5.41) is 24.4. The average Bonchev–Trinajstić information content (AvgIpc) is 2.49. The van der Waals surface area contributed by atoms with E-state index >= 15 is 0 Å². The molecule has 0 aliphatic heterocycles. The van der Waals surface area contributed by atoms with Crippen molar-refractivity contribution in [3.8, 4) is 5.75 Å². The monoisotopic (exact) mass is 284 g/mol. The molecule has 5 heteroatoms. The fourth-order valence-corrected chi connectivity index (χ4v) is 1.91. The van der Waals surface area contributed by atoms with Crippen LogP contribution in [0.5, 0.6) is 5.75 Å². The molecule has 0 saturated heterocycles. The van der Waals surface area contributed by atoms with Gasteiger partial charge in [-0.1, -0.05) is 29.4 Å². The van der Waals surface area contributed by atoms with Crippen LogP contribution in [0.15, 0.2) is 47.6 Å². The molecule has 0 saturated carbocycles. The van der Waals surface area contributed by atoms with Gasteiger partial charge in [0.15, 0.2) is 0 Å². The Morgan fingerprint density at radius 1 is 1.19 bits per heavy atom. The van der Waals surface area contributed by atoms with Crippen molar-refractivity contribution in [1.82, 2.24) is 0 Å². The predicted molar refractivity (Wildman–Crippen MR) is 81.2 cm³/mol. The van der Waals surface area contributed by atoms with Gasteiger partial charge in [-0.3, -0.25) is 4.79 Å². The number of para-hydroxylation sites is 1. The fourth-order valence-electron chi connectivity index (χ4n) is 1.91. The first-order valence-corrected chi connectivity index (χ1v) is 6.42. The lowest BCUT2D eigenvalue weighted by molar-refractivity contribution is 0.102. The summed E-state index contributed by atoms with van der Waals surface area (Å²) in [5.41, 5.74) is 2.63. The van der Waals surface area contributed by atoms with E-state index in [2.05, 4.69) is 10.5 Å². The maximum atomic E-state index is 12.2. The minimum atomic E-state index is -0.344. The predicted octanol–water partition coefficient (Wildman–Crippen LogP) is 3.15. The quantitative estimate of drug-likeness (QED) is 0.460. The number of nitrogens with zero attached hydrogens (tertiary/aromatic N) is 1. The van der Waals surface area contributed by atoms with Crippen molar-refractivity contribution in [2.75, 3.05) is 5.32 Å². The number of benzene rings is 2. The number of aryl methyl sites for hydroxylation is 1. The summed E-state index contributed by atoms with van der Waals surface area (Å²) in [6, 6.07) is 11.8. The van der Waals surface area contributed by atoms with Crippen molar-refractivity contribution in [1.29, 1.82) is 0 Å². The van der Waals surface area contributed by atoms with Crippen molar-refractivity contribution in [3.63, 3.8) is 0 Å². The molecule has 0 radical (unpaired) electrons. The highest BCUT2D eigenvalue weighted by Gasteiger charge is 2.11. The van der Waals surface area contributed by atoms with Crippen LogP contribution >= 0.6 is 0 Å². The number of oxime groups is 1. The van der Waals surface area contributed by atoms with E-state index in [0.29, 0.717) is 28.1 Å². The maximum absolute atomic E-state index is 12.2. The van der Waals surface area contributed by atoms with E-state index in [0.717, 1.165) is 0 Å². The number of anilines is 1. The molecule has 0 fully saturated rings. The second-order valence-corrected chi connectivity index (χ2v) is 4.69. The Morgan fingerprint density at radius 3 is 2.57 bits per heavy atom. The lowest BCUT2D eigenvalue weighted by atomic mass is 10.1. The van der Waals surface area contributed by atoms with Gasteiger partial charge in [0.05, 0.1) is 11.4 Å². The number of nitrogens with one attached hydrogen (secondary N) is 1. The number of amides is 1. The third-order valence-electron chi connectivity index (χ3n) is 3.19. The Kier molecular flexibility index (Phi) is 4.23. The molecule has 2 rings (SSSR count). The van der Waals surface area contributed by atoms with Crippen molar-refractivity contribution in [3.05, 3.63) is 59.2 Å². The number of aromatic hydroxyl groups is 1. The summed E-state index contributed by atoms with van der Waals surface area (Å²) < 4.78 is 0. The van der Waals surface area contributed by atoms with Crippen LogP contribution in [-0.4, -0.2) is 21.9 Å². The first-order valence-electron chi connectivity index (χ1n) is 6.42. The number of phenols is 1. The normalized spacial score (nSPS) is 11.2. The molecule has 2 aromatic carbocycles. The van der Waals surface area contributed by atoms with Crippen LogP contribution in [0.2, 0.25) is 0 Å². The molecule has 0 aromatic heterocycles. The fraction of sp³-hybridized carbons (Fsp3) is 0.125. The molecule has 5 nitrogen and oxygen atoms in total. The van der Waals surface area contributed by atoms with Gasteiger partial charge in [-0.25, -0.2) is 0 Å². The Labute approximate surface area is 122 Å². The minimum Gasteiger partial charge on any atom is -0.508 e. The third kappa shape index (κ3) is 3.20. The topological polar surface area (TPSA) is 81.9 Å². The largest absolute Gasteiger partial charge is 0.508 e. The van der Waals surface area contributed by atoms with Gasteiger partial charge in [0.2, 0.25) is 0 Å². The van der Waals surface area contributed by atoms with Crippen molar-refractivity contribution in [2.24, 2.45) is 5.16 Å². The molecule has 0 heterocycles. The molecular formula is C16H16N2O3. The zero-order valence-corrected chi connectivity index (χ0v) is 11.8. The van der Waals surface area contributed by atoms with Gasteiger partial charge in [-0.05, 0) is 37.6 Å². The molecular weight excluding hydrogens is 268 g/mol. The van der Waals surface area contributed by atoms with E-state index in [1.807, 2.05) is 0 Å². The number of carbonyl (C=O) groups excluding carboxylic acids is 1. The highest BCUT2D eigenvalue weighted by atomic mass is 16.4. The Hall–Kier alpha value is -2.82. The first-order chi connectivity index (χ1) is 10.0. The molecule has 3 N–H and O–H groups in total. The molecule has 0 aliphatic carbocycles. The highest BCUT2D eigenvalue weighted by molar-refractivity contribution is 6.10. The van der Waals surface area contributed by atoms with Gasteiger partial charge in [0, 0.05) is 11.1 Å². The number of hydrogen-bond acceptors (Lipinski definition) is 4.